The zero-order valence-electron chi connectivity index (χ0n) is 16.9. The predicted molar refractivity (Wildman–Crippen MR) is 110 cm³/mol. The number of aryl methyl sites for hydroxylation is 1. The summed E-state index contributed by atoms with van der Waals surface area (Å²) in [6, 6.07) is 3.35. The van der Waals surface area contributed by atoms with E-state index in [0.717, 1.165) is 36.6 Å². The minimum Gasteiger partial charge on any atom is -0.484 e. The van der Waals surface area contributed by atoms with Gasteiger partial charge >= 0.3 is 5.63 Å². The van der Waals surface area contributed by atoms with Crippen LogP contribution in [0.15, 0.2) is 21.3 Å². The van der Waals surface area contributed by atoms with E-state index in [2.05, 4.69) is 6.92 Å². The van der Waals surface area contributed by atoms with Gasteiger partial charge in [-0.25, -0.2) is 4.79 Å². The van der Waals surface area contributed by atoms with Crippen LogP contribution in [-0.2, 0) is 11.2 Å². The molecule has 0 unspecified atom stereocenters. The second-order valence-corrected chi connectivity index (χ2v) is 8.45. The number of ether oxygens (including phenoxy) is 1. The predicted octanol–water partition coefficient (Wildman–Crippen LogP) is 5.87. The summed E-state index contributed by atoms with van der Waals surface area (Å²) in [5, 5.41) is 1.21. The molecule has 5 heteroatoms. The van der Waals surface area contributed by atoms with Crippen LogP contribution in [0.25, 0.3) is 11.0 Å². The van der Waals surface area contributed by atoms with Crippen molar-refractivity contribution in [3.05, 3.63) is 38.7 Å². The molecule has 27 heavy (non-hydrogen) atoms. The molecule has 0 aliphatic heterocycles. The summed E-state index contributed by atoms with van der Waals surface area (Å²) in [6.45, 7) is 9.52. The molecular weight excluding hydrogens is 364 g/mol. The van der Waals surface area contributed by atoms with Gasteiger partial charge in [0.05, 0.1) is 5.02 Å². The van der Waals surface area contributed by atoms with Crippen LogP contribution in [0.5, 0.6) is 5.75 Å². The highest BCUT2D eigenvalue weighted by atomic mass is 35.5. The number of hydrogen-bond donors (Lipinski definition) is 0. The molecule has 0 radical (unpaired) electrons. The van der Waals surface area contributed by atoms with E-state index in [9.17, 15) is 9.59 Å². The van der Waals surface area contributed by atoms with Crippen molar-refractivity contribution in [2.75, 3.05) is 6.61 Å². The summed E-state index contributed by atoms with van der Waals surface area (Å²) in [7, 11) is 0. The Hall–Kier alpha value is -1.81. The minimum absolute atomic E-state index is 0.0290. The Kier molecular flexibility index (Phi) is 7.10. The van der Waals surface area contributed by atoms with Gasteiger partial charge in [-0.3, -0.25) is 4.79 Å². The molecule has 1 heterocycles. The zero-order valence-corrected chi connectivity index (χ0v) is 17.7. The Morgan fingerprint density at radius 2 is 1.89 bits per heavy atom. The van der Waals surface area contributed by atoms with Crippen molar-refractivity contribution in [2.45, 2.75) is 66.7 Å². The van der Waals surface area contributed by atoms with Gasteiger partial charge in [0.15, 0.2) is 5.78 Å². The van der Waals surface area contributed by atoms with Crippen molar-refractivity contribution in [1.29, 1.82) is 0 Å². The molecule has 0 bridgehead atoms. The van der Waals surface area contributed by atoms with Crippen LogP contribution in [0.1, 0.15) is 64.5 Å². The molecule has 1 aromatic carbocycles. The van der Waals surface area contributed by atoms with E-state index in [1.54, 1.807) is 12.1 Å². The third-order valence-electron chi connectivity index (χ3n) is 4.82. The van der Waals surface area contributed by atoms with E-state index >= 15 is 0 Å². The standard InChI is InChI=1S/C22H29ClO4/c1-6-7-8-9-10-15-14(2)16-11-17(23)19(12-18(16)27-21(15)25)26-13-20(24)22(3,4)5/h11-12H,6-10,13H2,1-5H3. The van der Waals surface area contributed by atoms with Crippen molar-refractivity contribution in [3.8, 4) is 5.75 Å². The maximum absolute atomic E-state index is 12.4. The van der Waals surface area contributed by atoms with Crippen LogP contribution in [0.2, 0.25) is 5.02 Å². The van der Waals surface area contributed by atoms with Crippen LogP contribution in [0.4, 0.5) is 0 Å². The van der Waals surface area contributed by atoms with Gasteiger partial charge in [0, 0.05) is 22.4 Å². The lowest BCUT2D eigenvalue weighted by atomic mass is 9.91. The largest absolute Gasteiger partial charge is 0.484 e. The maximum Gasteiger partial charge on any atom is 0.339 e. The number of ketones is 1. The van der Waals surface area contributed by atoms with Gasteiger partial charge in [-0.1, -0.05) is 58.6 Å². The monoisotopic (exact) mass is 392 g/mol. The Bertz CT molecular complexity index is 874. The molecule has 2 rings (SSSR count). The highest BCUT2D eigenvalue weighted by molar-refractivity contribution is 6.32. The summed E-state index contributed by atoms with van der Waals surface area (Å²) in [5.74, 6) is 0.318. The third kappa shape index (κ3) is 5.35. The van der Waals surface area contributed by atoms with Crippen LogP contribution in [0, 0.1) is 12.3 Å². The fourth-order valence-corrected chi connectivity index (χ4v) is 3.10. The second kappa shape index (κ2) is 8.92. The number of halogens is 1. The molecule has 0 amide bonds. The lowest BCUT2D eigenvalue weighted by Gasteiger charge is -2.17. The van der Waals surface area contributed by atoms with Crippen LogP contribution in [0.3, 0.4) is 0 Å². The smallest absolute Gasteiger partial charge is 0.339 e. The summed E-state index contributed by atoms with van der Waals surface area (Å²) < 4.78 is 11.1. The molecule has 0 saturated carbocycles. The fraction of sp³-hybridized carbons (Fsp3) is 0.545. The molecule has 0 saturated heterocycles. The molecule has 0 fully saturated rings. The molecule has 0 N–H and O–H groups in total. The highest BCUT2D eigenvalue weighted by Gasteiger charge is 2.22. The molecular formula is C22H29ClO4. The number of hydrogen-bond acceptors (Lipinski definition) is 4. The number of unbranched alkanes of at least 4 members (excludes halogenated alkanes) is 3. The van der Waals surface area contributed by atoms with Gasteiger partial charge in [0.25, 0.3) is 0 Å². The quantitative estimate of drug-likeness (QED) is 0.416. The Morgan fingerprint density at radius 1 is 1.19 bits per heavy atom. The maximum atomic E-state index is 12.4. The van der Waals surface area contributed by atoms with E-state index in [0.29, 0.717) is 28.3 Å². The summed E-state index contributed by atoms with van der Waals surface area (Å²) in [5.41, 5.74) is 1.25. The summed E-state index contributed by atoms with van der Waals surface area (Å²) >= 11 is 6.35. The summed E-state index contributed by atoms with van der Waals surface area (Å²) in [4.78, 5) is 24.5. The number of rotatable bonds is 8. The Balaban J connectivity index is 2.29. The minimum atomic E-state index is -0.487. The first-order valence-electron chi connectivity index (χ1n) is 9.57. The molecule has 4 nitrogen and oxygen atoms in total. The van der Waals surface area contributed by atoms with Crippen molar-refractivity contribution in [1.82, 2.24) is 0 Å². The van der Waals surface area contributed by atoms with Crippen LogP contribution in [-0.4, -0.2) is 12.4 Å². The first-order valence-corrected chi connectivity index (χ1v) is 9.95. The lowest BCUT2D eigenvalue weighted by Crippen LogP contribution is -2.26. The first kappa shape index (κ1) is 21.5. The van der Waals surface area contributed by atoms with Crippen molar-refractivity contribution < 1.29 is 13.9 Å². The average Bonchev–Trinajstić information content (AvgIpc) is 2.59. The zero-order chi connectivity index (χ0) is 20.2. The SMILES string of the molecule is CCCCCCc1c(C)c2cc(Cl)c(OCC(=O)C(C)(C)C)cc2oc1=O. The molecule has 0 aliphatic rings. The van der Waals surface area contributed by atoms with Gasteiger partial charge in [-0.05, 0) is 31.4 Å². The van der Waals surface area contributed by atoms with Gasteiger partial charge in [0.1, 0.15) is 17.9 Å². The number of carbonyl (C=O) groups excluding carboxylic acids is 1. The second-order valence-electron chi connectivity index (χ2n) is 8.04. The van der Waals surface area contributed by atoms with E-state index in [1.807, 2.05) is 27.7 Å². The molecule has 1 aromatic heterocycles. The Morgan fingerprint density at radius 3 is 2.52 bits per heavy atom. The van der Waals surface area contributed by atoms with Crippen molar-refractivity contribution in [2.24, 2.45) is 5.41 Å². The number of Topliss-reactive ketones (excluding diaryl/α,β-unsaturated/α-hetero) is 1. The number of benzene rings is 1. The molecule has 0 aliphatic carbocycles. The number of fused-ring (bicyclic) bond motifs is 1. The van der Waals surface area contributed by atoms with E-state index in [4.69, 9.17) is 20.8 Å². The fourth-order valence-electron chi connectivity index (χ4n) is 2.88. The third-order valence-corrected chi connectivity index (χ3v) is 5.11. The van der Waals surface area contributed by atoms with E-state index < -0.39 is 5.41 Å². The molecule has 0 atom stereocenters. The topological polar surface area (TPSA) is 56.5 Å². The van der Waals surface area contributed by atoms with Gasteiger partial charge in [-0.15, -0.1) is 0 Å². The normalized spacial score (nSPS) is 11.8. The van der Waals surface area contributed by atoms with Gasteiger partial charge < -0.3 is 9.15 Å². The first-order chi connectivity index (χ1) is 12.6. The Labute approximate surface area is 165 Å². The molecule has 2 aromatic rings. The summed E-state index contributed by atoms with van der Waals surface area (Å²) in [6.07, 6.45) is 5.09. The molecule has 0 spiro atoms. The van der Waals surface area contributed by atoms with E-state index in [1.165, 1.54) is 0 Å². The van der Waals surface area contributed by atoms with Crippen LogP contribution >= 0.6 is 11.6 Å². The van der Waals surface area contributed by atoms with Gasteiger partial charge in [0.2, 0.25) is 0 Å². The van der Waals surface area contributed by atoms with Crippen LogP contribution < -0.4 is 10.4 Å². The van der Waals surface area contributed by atoms with E-state index in [-0.39, 0.29) is 18.0 Å². The van der Waals surface area contributed by atoms with Crippen molar-refractivity contribution >= 4 is 28.4 Å². The average molecular weight is 393 g/mol. The molecule has 148 valence electrons. The van der Waals surface area contributed by atoms with Crippen molar-refractivity contribution in [3.63, 3.8) is 0 Å². The highest BCUT2D eigenvalue weighted by Crippen LogP contribution is 2.32. The number of carbonyl (C=O) groups is 1. The van der Waals surface area contributed by atoms with Gasteiger partial charge in [-0.2, -0.15) is 0 Å². The lowest BCUT2D eigenvalue weighted by molar-refractivity contribution is -0.128.